The van der Waals surface area contributed by atoms with Crippen molar-refractivity contribution in [1.29, 1.82) is 0 Å². The van der Waals surface area contributed by atoms with E-state index >= 15 is 0 Å². The van der Waals surface area contributed by atoms with Crippen molar-refractivity contribution in [2.75, 3.05) is 39.2 Å². The summed E-state index contributed by atoms with van der Waals surface area (Å²) in [5, 5.41) is 11.0. The summed E-state index contributed by atoms with van der Waals surface area (Å²) in [5.41, 5.74) is 1.59. The number of thioether (sulfide) groups is 1. The first-order chi connectivity index (χ1) is 12.9. The van der Waals surface area contributed by atoms with Crippen LogP contribution in [0.3, 0.4) is 0 Å². The average Bonchev–Trinajstić information content (AvgIpc) is 2.76. The van der Waals surface area contributed by atoms with E-state index in [2.05, 4.69) is 0 Å². The van der Waals surface area contributed by atoms with Gasteiger partial charge in [-0.15, -0.1) is 24.2 Å². The number of anilines is 1. The molecule has 1 aliphatic heterocycles. The molecule has 0 aromatic heterocycles. The molecule has 0 spiro atoms. The zero-order chi connectivity index (χ0) is 19.6. The first-order valence-electron chi connectivity index (χ1n) is 8.65. The first kappa shape index (κ1) is 22.8. The standard InChI is InChI=1S/C20H23ClN2O3S.ClH/c1-22(2)11-12-23-16-6-4-5-15(21)19(16)27-18(17(24)20(23)25)13-7-9-14(26-3)10-8-13;/h4-10,17-18,24H,11-12H2,1-3H3;1H. The molecular weight excluding hydrogens is 419 g/mol. The number of methoxy groups -OCH3 is 1. The van der Waals surface area contributed by atoms with Gasteiger partial charge in [-0.3, -0.25) is 4.79 Å². The lowest BCUT2D eigenvalue weighted by atomic mass is 10.1. The third kappa shape index (κ3) is 4.75. The van der Waals surface area contributed by atoms with E-state index in [-0.39, 0.29) is 18.3 Å². The fraction of sp³-hybridized carbons (Fsp3) is 0.350. The zero-order valence-corrected chi connectivity index (χ0v) is 18.4. The number of likely N-dealkylation sites (N-methyl/N-ethyl adjacent to an activating group) is 1. The summed E-state index contributed by atoms with van der Waals surface area (Å²) < 4.78 is 5.21. The van der Waals surface area contributed by atoms with E-state index in [9.17, 15) is 9.90 Å². The molecule has 0 aliphatic carbocycles. The van der Waals surface area contributed by atoms with Crippen molar-refractivity contribution in [2.24, 2.45) is 0 Å². The predicted molar refractivity (Wildman–Crippen MR) is 117 cm³/mol. The summed E-state index contributed by atoms with van der Waals surface area (Å²) in [5.74, 6) is 0.412. The number of rotatable bonds is 5. The second kappa shape index (κ2) is 9.85. The van der Waals surface area contributed by atoms with Gasteiger partial charge in [-0.05, 0) is 43.9 Å². The Kier molecular flexibility index (Phi) is 8.04. The Hall–Kier alpha value is -1.44. The number of carbonyl (C=O) groups excluding carboxylic acids is 1. The van der Waals surface area contributed by atoms with Gasteiger partial charge in [0.05, 0.1) is 28.0 Å². The normalized spacial score (nSPS) is 19.1. The minimum atomic E-state index is -1.17. The zero-order valence-electron chi connectivity index (χ0n) is 16.0. The number of hydrogen-bond acceptors (Lipinski definition) is 5. The third-order valence-corrected chi connectivity index (χ3v) is 6.38. The molecule has 1 heterocycles. The summed E-state index contributed by atoms with van der Waals surface area (Å²) in [7, 11) is 5.51. The second-order valence-electron chi connectivity index (χ2n) is 6.64. The monoisotopic (exact) mass is 442 g/mol. The number of amides is 1. The molecule has 5 nitrogen and oxygen atoms in total. The Bertz CT molecular complexity index is 818. The third-order valence-electron chi connectivity index (χ3n) is 4.50. The molecule has 2 unspecified atom stereocenters. The fourth-order valence-electron chi connectivity index (χ4n) is 3.00. The number of aliphatic hydroxyl groups excluding tert-OH is 1. The molecule has 8 heteroatoms. The van der Waals surface area contributed by atoms with Gasteiger partial charge in [0, 0.05) is 13.1 Å². The van der Waals surface area contributed by atoms with Crippen LogP contribution in [0.25, 0.3) is 0 Å². The van der Waals surface area contributed by atoms with E-state index in [0.29, 0.717) is 18.1 Å². The molecular formula is C20H24Cl2N2O3S. The maximum Gasteiger partial charge on any atom is 0.257 e. The Labute approximate surface area is 181 Å². The van der Waals surface area contributed by atoms with Crippen LogP contribution in [0.15, 0.2) is 47.4 Å². The molecule has 0 bridgehead atoms. The first-order valence-corrected chi connectivity index (χ1v) is 9.91. The van der Waals surface area contributed by atoms with Crippen LogP contribution in [0.4, 0.5) is 5.69 Å². The summed E-state index contributed by atoms with van der Waals surface area (Å²) in [6.07, 6.45) is -1.17. The average molecular weight is 443 g/mol. The van der Waals surface area contributed by atoms with Crippen molar-refractivity contribution >= 4 is 47.4 Å². The highest BCUT2D eigenvalue weighted by molar-refractivity contribution is 8.00. The van der Waals surface area contributed by atoms with E-state index in [0.717, 1.165) is 21.9 Å². The molecule has 2 atom stereocenters. The van der Waals surface area contributed by atoms with E-state index in [4.69, 9.17) is 16.3 Å². The Morgan fingerprint density at radius 1 is 1.21 bits per heavy atom. The molecule has 1 amide bonds. The van der Waals surface area contributed by atoms with E-state index in [1.165, 1.54) is 11.8 Å². The van der Waals surface area contributed by atoms with Crippen LogP contribution in [0.2, 0.25) is 5.02 Å². The van der Waals surface area contributed by atoms with Gasteiger partial charge in [0.2, 0.25) is 0 Å². The molecule has 3 rings (SSSR count). The van der Waals surface area contributed by atoms with Crippen molar-refractivity contribution in [1.82, 2.24) is 4.90 Å². The SMILES string of the molecule is COc1ccc(C2Sc3c(Cl)cccc3N(CCN(C)C)C(=O)C2O)cc1.Cl. The predicted octanol–water partition coefficient (Wildman–Crippen LogP) is 3.87. The molecule has 2 aromatic carbocycles. The van der Waals surface area contributed by atoms with Gasteiger partial charge in [-0.1, -0.05) is 29.8 Å². The highest BCUT2D eigenvalue weighted by atomic mass is 35.5. The van der Waals surface area contributed by atoms with Crippen LogP contribution in [0.5, 0.6) is 5.75 Å². The number of nitrogens with zero attached hydrogens (tertiary/aromatic N) is 2. The van der Waals surface area contributed by atoms with Crippen LogP contribution >= 0.6 is 35.8 Å². The van der Waals surface area contributed by atoms with Gasteiger partial charge >= 0.3 is 0 Å². The minimum absolute atomic E-state index is 0. The number of ether oxygens (including phenoxy) is 1. The summed E-state index contributed by atoms with van der Waals surface area (Å²) >= 11 is 7.89. The molecule has 2 aromatic rings. The quantitative estimate of drug-likeness (QED) is 0.761. The number of fused-ring (bicyclic) bond motifs is 1. The molecule has 0 saturated carbocycles. The molecule has 1 aliphatic rings. The van der Waals surface area contributed by atoms with Crippen molar-refractivity contribution in [3.05, 3.63) is 53.1 Å². The number of carbonyl (C=O) groups is 1. The topological polar surface area (TPSA) is 53.0 Å². The molecule has 152 valence electrons. The van der Waals surface area contributed by atoms with Crippen LogP contribution < -0.4 is 9.64 Å². The second-order valence-corrected chi connectivity index (χ2v) is 8.20. The Morgan fingerprint density at radius 2 is 1.89 bits per heavy atom. The van der Waals surface area contributed by atoms with Gasteiger partial charge in [0.15, 0.2) is 0 Å². The number of halogens is 2. The largest absolute Gasteiger partial charge is 0.497 e. The van der Waals surface area contributed by atoms with Gasteiger partial charge < -0.3 is 19.6 Å². The minimum Gasteiger partial charge on any atom is -0.497 e. The van der Waals surface area contributed by atoms with E-state index in [1.807, 2.05) is 61.5 Å². The molecule has 1 N–H and O–H groups in total. The van der Waals surface area contributed by atoms with Gasteiger partial charge in [-0.2, -0.15) is 0 Å². The van der Waals surface area contributed by atoms with Crippen LogP contribution in [-0.4, -0.2) is 56.3 Å². The van der Waals surface area contributed by atoms with Gasteiger partial charge in [-0.25, -0.2) is 0 Å². The molecule has 0 radical (unpaired) electrons. The van der Waals surface area contributed by atoms with Gasteiger partial charge in [0.1, 0.15) is 11.9 Å². The maximum atomic E-state index is 13.1. The summed E-state index contributed by atoms with van der Waals surface area (Å²) in [6.45, 7) is 1.16. The Morgan fingerprint density at radius 3 is 2.50 bits per heavy atom. The molecule has 0 saturated heterocycles. The van der Waals surface area contributed by atoms with Crippen LogP contribution in [-0.2, 0) is 4.79 Å². The van der Waals surface area contributed by atoms with Crippen molar-refractivity contribution in [3.8, 4) is 5.75 Å². The number of hydrogen-bond donors (Lipinski definition) is 1. The Balaban J connectivity index is 0.00000280. The van der Waals surface area contributed by atoms with Crippen molar-refractivity contribution in [3.63, 3.8) is 0 Å². The highest BCUT2D eigenvalue weighted by Crippen LogP contribution is 2.48. The van der Waals surface area contributed by atoms with Crippen molar-refractivity contribution in [2.45, 2.75) is 16.2 Å². The van der Waals surface area contributed by atoms with E-state index < -0.39 is 11.4 Å². The highest BCUT2D eigenvalue weighted by Gasteiger charge is 2.38. The summed E-state index contributed by atoms with van der Waals surface area (Å²) in [4.78, 5) is 17.6. The van der Waals surface area contributed by atoms with Crippen LogP contribution in [0.1, 0.15) is 10.8 Å². The lowest BCUT2D eigenvalue weighted by Gasteiger charge is -2.26. The van der Waals surface area contributed by atoms with E-state index in [1.54, 1.807) is 12.0 Å². The number of aliphatic hydroxyl groups is 1. The maximum absolute atomic E-state index is 13.1. The van der Waals surface area contributed by atoms with Gasteiger partial charge in [0.25, 0.3) is 5.91 Å². The number of benzene rings is 2. The summed E-state index contributed by atoms with van der Waals surface area (Å²) in [6, 6.07) is 12.9. The molecule has 0 fully saturated rings. The lowest BCUT2D eigenvalue weighted by Crippen LogP contribution is -2.43. The lowest BCUT2D eigenvalue weighted by molar-refractivity contribution is -0.126. The molecule has 28 heavy (non-hydrogen) atoms. The fourth-order valence-corrected chi connectivity index (χ4v) is 4.58. The van der Waals surface area contributed by atoms with Crippen LogP contribution in [0, 0.1) is 0 Å². The van der Waals surface area contributed by atoms with Crippen molar-refractivity contribution < 1.29 is 14.6 Å². The smallest absolute Gasteiger partial charge is 0.257 e.